The fourth-order valence-corrected chi connectivity index (χ4v) is 16.4. The molecule has 43 heteroatoms. The van der Waals surface area contributed by atoms with Gasteiger partial charge in [0.05, 0.1) is 39.5 Å². The number of aryl methyl sites for hydroxylation is 1. The SMILES string of the molecule is COC1C(OP(O)(=S)OCC2OC(n3cnc4c(=O)[nH]c(N)nc43)C(O)C2O)C(COP(=O)(O)OP(=S)(S)OP(=O)(O)OCC2OC(n3c[n+](C)c4c(=O)[nH]c(N)nc43)C(O)C2O)OC1n1cnc2c(N)ncnc21. The topological polar surface area (TPSA) is 508 Å². The zero-order valence-corrected chi connectivity index (χ0v) is 44.1. The summed E-state index contributed by atoms with van der Waals surface area (Å²) >= 11 is 14.3. The number of nitrogens with zero attached hydrogens (tertiary/aromatic N) is 10. The lowest BCUT2D eigenvalue weighted by atomic mass is 10.1. The van der Waals surface area contributed by atoms with Gasteiger partial charge in [-0.25, -0.2) is 42.3 Å². The van der Waals surface area contributed by atoms with Gasteiger partial charge in [-0.2, -0.15) is 14.5 Å². The molecule has 9 rings (SSSR count). The van der Waals surface area contributed by atoms with Gasteiger partial charge in [0.1, 0.15) is 66.8 Å². The maximum atomic E-state index is 13.5. The van der Waals surface area contributed by atoms with E-state index in [0.717, 1.165) is 17.2 Å². The van der Waals surface area contributed by atoms with Crippen molar-refractivity contribution in [3.8, 4) is 0 Å². The van der Waals surface area contributed by atoms with E-state index in [1.54, 1.807) is 0 Å². The summed E-state index contributed by atoms with van der Waals surface area (Å²) in [5, 5.41) is 43.5. The number of imidazole rings is 3. The summed E-state index contributed by atoms with van der Waals surface area (Å²) in [6.07, 6.45) is -13.7. The molecule has 16 unspecified atom stereocenters. The number of phosphoric ester groups is 2. The number of fused-ring (bicyclic) bond motifs is 3. The normalized spacial score (nSPS) is 30.5. The van der Waals surface area contributed by atoms with Gasteiger partial charge in [-0.15, -0.1) is 0 Å². The number of thiol groups is 1. The van der Waals surface area contributed by atoms with E-state index in [2.05, 4.69) is 52.1 Å². The summed E-state index contributed by atoms with van der Waals surface area (Å²) in [6, 6.07) is 0. The highest BCUT2D eigenvalue weighted by atomic mass is 32.9. The fraction of sp³-hybridized carbons (Fsp3) is 0.531. The van der Waals surface area contributed by atoms with E-state index >= 15 is 0 Å². The van der Waals surface area contributed by atoms with Crippen LogP contribution in [0.25, 0.3) is 33.5 Å². The standard InChI is InChI=1S/C32H43N15O21P4S3/c1-44-9-47(25-15(44)27(53)43-32(35)41-25)29-19(51)16(48)10(64-29)3-60-69(54,55)67-72(74,75)68-70(56,57)61-5-12-20(21(59-2)30(65-12)45-7-38-13-22(33)36-6-37-23(13)45)66-71(58,73)62-4-11-17(49)18(50)28(63-11)46-8-39-14-24(46)40-31(34)42-26(14)52/h6-12,16-21,28-30,48-51H,3-5H2,1-2H3,(H11-,33,34,35,36,37,40,41,42,43,52,53,54,55,56,57,58,73,74,75)/p+1. The van der Waals surface area contributed by atoms with Crippen LogP contribution < -0.4 is 32.9 Å². The molecule has 3 fully saturated rings. The molecule has 0 radical (unpaired) electrons. The number of aliphatic hydroxyl groups is 4. The van der Waals surface area contributed by atoms with E-state index in [1.807, 2.05) is 0 Å². The predicted molar refractivity (Wildman–Crippen MR) is 259 cm³/mol. The number of nitrogens with two attached hydrogens (primary N) is 3. The predicted octanol–water partition coefficient (Wildman–Crippen LogP) is -3.54. The summed E-state index contributed by atoms with van der Waals surface area (Å²) in [5.41, 5.74) is 11.4. The molecule has 0 aromatic carbocycles. The number of hydrogen-bond acceptors (Lipinski definition) is 29. The first-order valence-corrected chi connectivity index (χ1v) is 30.5. The number of nitrogens with one attached hydrogen (secondary N) is 2. The first kappa shape index (κ1) is 55.8. The van der Waals surface area contributed by atoms with Gasteiger partial charge in [-0.05, 0) is 23.6 Å². The van der Waals surface area contributed by atoms with Crippen molar-refractivity contribution in [1.29, 1.82) is 0 Å². The third kappa shape index (κ3) is 11.4. The highest BCUT2D eigenvalue weighted by Gasteiger charge is 2.53. The third-order valence-corrected chi connectivity index (χ3v) is 19.9. The number of ether oxygens (including phenoxy) is 4. The van der Waals surface area contributed by atoms with Gasteiger partial charge in [-0.1, -0.05) is 12.2 Å². The van der Waals surface area contributed by atoms with E-state index in [-0.39, 0.29) is 51.2 Å². The first-order valence-electron chi connectivity index (χ1n) is 21.2. The number of rotatable bonds is 19. The Hall–Kier alpha value is -3.92. The van der Waals surface area contributed by atoms with Crippen LogP contribution in [0, 0.1) is 0 Å². The lowest BCUT2D eigenvalue weighted by Crippen LogP contribution is -2.37. The summed E-state index contributed by atoms with van der Waals surface area (Å²) in [7, 11) is -8.28. The largest absolute Gasteiger partial charge is 0.478 e. The van der Waals surface area contributed by atoms with Crippen LogP contribution >= 0.6 is 40.3 Å². The van der Waals surface area contributed by atoms with Crippen LogP contribution in [0.3, 0.4) is 0 Å². The molecule has 0 aliphatic carbocycles. The molecule has 3 saturated heterocycles. The molecule has 9 heterocycles. The van der Waals surface area contributed by atoms with Crippen molar-refractivity contribution in [2.24, 2.45) is 7.05 Å². The Morgan fingerprint density at radius 1 is 0.707 bits per heavy atom. The first-order chi connectivity index (χ1) is 35.2. The molecular weight excluding hydrogens is 1150 g/mol. The number of aromatic amines is 2. The Labute approximate surface area is 432 Å². The Morgan fingerprint density at radius 2 is 1.23 bits per heavy atom. The lowest BCUT2D eigenvalue weighted by molar-refractivity contribution is -0.646. The number of methoxy groups -OCH3 is 1. The van der Waals surface area contributed by atoms with Gasteiger partial charge in [0.25, 0.3) is 22.4 Å². The van der Waals surface area contributed by atoms with Crippen LogP contribution in [0.1, 0.15) is 18.7 Å². The Bertz CT molecular complexity index is 3480. The molecule has 0 spiro atoms. The summed E-state index contributed by atoms with van der Waals surface area (Å²) in [5.74, 6) is -0.558. The second-order valence-corrected chi connectivity index (χ2v) is 27.7. The highest BCUT2D eigenvalue weighted by Crippen LogP contribution is 2.72. The lowest BCUT2D eigenvalue weighted by Gasteiger charge is -2.28. The monoisotopic (exact) mass is 1190 g/mol. The molecular formula is C32H44N15O21P4S3+. The molecule has 36 nitrogen and oxygen atoms in total. The molecule has 0 amide bonds. The molecule has 0 saturated carbocycles. The molecule has 16 atom stereocenters. The van der Waals surface area contributed by atoms with Gasteiger partial charge in [-0.3, -0.25) is 42.3 Å². The summed E-state index contributed by atoms with van der Waals surface area (Å²) < 4.78 is 86.5. The van der Waals surface area contributed by atoms with E-state index < -0.39 is 133 Å². The average molecular weight is 1190 g/mol. The molecule has 3 aliphatic heterocycles. The number of anilines is 3. The number of H-pyrrole nitrogens is 2. The van der Waals surface area contributed by atoms with E-state index in [9.17, 15) is 53.8 Å². The maximum absolute atomic E-state index is 13.5. The molecule has 3 aliphatic rings. The van der Waals surface area contributed by atoms with Gasteiger partial charge >= 0.3 is 27.9 Å². The van der Waals surface area contributed by atoms with Crippen LogP contribution in [-0.2, 0) is 85.5 Å². The smallest absolute Gasteiger partial charge is 0.387 e. The summed E-state index contributed by atoms with van der Waals surface area (Å²) in [6.45, 7) is -7.26. The Kier molecular flexibility index (Phi) is 15.7. The molecule has 6 aromatic heterocycles. The zero-order valence-electron chi connectivity index (χ0n) is 38.0. The van der Waals surface area contributed by atoms with Crippen molar-refractivity contribution in [1.82, 2.24) is 53.6 Å². The van der Waals surface area contributed by atoms with Gasteiger partial charge in [0.2, 0.25) is 24.5 Å². The van der Waals surface area contributed by atoms with Crippen LogP contribution in [-0.4, -0.2) is 171 Å². The Balaban J connectivity index is 0.862. The second kappa shape index (κ2) is 21.0. The van der Waals surface area contributed by atoms with Crippen molar-refractivity contribution in [2.75, 3.05) is 44.1 Å². The van der Waals surface area contributed by atoms with Crippen molar-refractivity contribution < 1.29 is 94.5 Å². The highest BCUT2D eigenvalue weighted by molar-refractivity contribution is 8.61. The number of nitrogen functional groups attached to an aromatic ring is 3. The second-order valence-electron chi connectivity index (χ2n) is 16.5. The molecule has 410 valence electrons. The van der Waals surface area contributed by atoms with Crippen molar-refractivity contribution in [3.63, 3.8) is 0 Å². The minimum Gasteiger partial charge on any atom is -0.387 e. The number of hydrogen-bond donors (Lipinski definition) is 13. The minimum atomic E-state index is -5.53. The Morgan fingerprint density at radius 3 is 1.84 bits per heavy atom. The van der Waals surface area contributed by atoms with Gasteiger partial charge in [0.15, 0.2) is 35.1 Å². The fourth-order valence-electron chi connectivity index (χ4n) is 8.29. The van der Waals surface area contributed by atoms with Gasteiger partial charge < -0.3 is 75.8 Å². The van der Waals surface area contributed by atoms with Crippen LogP contribution in [0.15, 0.2) is 34.9 Å². The molecule has 0 bridgehead atoms. The average Bonchev–Trinajstić information content (AvgIpc) is 4.17. The molecule has 6 aromatic rings. The maximum Gasteiger partial charge on any atom is 0.478 e. The number of aliphatic hydroxyl groups excluding tert-OH is 4. The minimum absolute atomic E-state index is 0.0192. The zero-order chi connectivity index (χ0) is 54.3. The number of aromatic nitrogens is 12. The van der Waals surface area contributed by atoms with Crippen LogP contribution in [0.2, 0.25) is 0 Å². The third-order valence-electron chi connectivity index (χ3n) is 11.6. The molecule has 15 N–H and O–H groups in total. The van der Waals surface area contributed by atoms with Gasteiger partial charge in [0, 0.05) is 7.11 Å². The number of phosphoric acid groups is 2. The van der Waals surface area contributed by atoms with Crippen molar-refractivity contribution >= 4 is 115 Å². The van der Waals surface area contributed by atoms with E-state index in [4.69, 9.17) is 86.5 Å². The van der Waals surface area contributed by atoms with Crippen LogP contribution in [0.5, 0.6) is 0 Å². The van der Waals surface area contributed by atoms with E-state index in [1.165, 1.54) is 40.5 Å². The van der Waals surface area contributed by atoms with Crippen molar-refractivity contribution in [3.05, 3.63) is 46.0 Å². The van der Waals surface area contributed by atoms with Crippen LogP contribution in [0.4, 0.5) is 17.7 Å². The van der Waals surface area contributed by atoms with Crippen molar-refractivity contribution in [2.45, 2.75) is 73.6 Å². The van der Waals surface area contributed by atoms with E-state index in [0.29, 0.717) is 0 Å². The summed E-state index contributed by atoms with van der Waals surface area (Å²) in [4.78, 5) is 86.8. The molecule has 75 heavy (non-hydrogen) atoms. The quantitative estimate of drug-likeness (QED) is 0.0212.